The molecular weight excluding hydrogens is 222 g/mol. The van der Waals surface area contributed by atoms with Crippen molar-refractivity contribution >= 4 is 0 Å². The van der Waals surface area contributed by atoms with E-state index in [4.69, 9.17) is 0 Å². The molecule has 1 unspecified atom stereocenters. The molecule has 0 aliphatic carbocycles. The molecule has 2 aliphatic rings. The first-order chi connectivity index (χ1) is 8.70. The Labute approximate surface area is 113 Å². The molecule has 2 aliphatic heterocycles. The Balaban J connectivity index is 1.81. The van der Waals surface area contributed by atoms with Gasteiger partial charge in [-0.25, -0.2) is 0 Å². The molecule has 2 fully saturated rings. The number of nitrogens with one attached hydrogen (secondary N) is 1. The molecular formula is C15H31N3. The molecule has 0 spiro atoms. The van der Waals surface area contributed by atoms with Crippen LogP contribution in [0.3, 0.4) is 0 Å². The summed E-state index contributed by atoms with van der Waals surface area (Å²) in [6.45, 7) is 14.6. The molecule has 2 saturated heterocycles. The highest BCUT2D eigenvalue weighted by Gasteiger charge is 2.29. The Hall–Kier alpha value is -0.120. The van der Waals surface area contributed by atoms with Gasteiger partial charge in [0.05, 0.1) is 0 Å². The van der Waals surface area contributed by atoms with Crippen LogP contribution in [-0.4, -0.2) is 61.2 Å². The number of hydrogen-bond donors (Lipinski definition) is 1. The molecule has 0 aromatic carbocycles. The van der Waals surface area contributed by atoms with Crippen molar-refractivity contribution in [1.29, 1.82) is 0 Å². The van der Waals surface area contributed by atoms with Crippen LogP contribution in [0.2, 0.25) is 0 Å². The predicted molar refractivity (Wildman–Crippen MR) is 78.0 cm³/mol. The molecule has 0 aromatic heterocycles. The van der Waals surface area contributed by atoms with Gasteiger partial charge in [0.25, 0.3) is 0 Å². The summed E-state index contributed by atoms with van der Waals surface area (Å²) in [7, 11) is 0. The van der Waals surface area contributed by atoms with Gasteiger partial charge in [0.15, 0.2) is 0 Å². The van der Waals surface area contributed by atoms with Gasteiger partial charge in [-0.05, 0) is 58.7 Å². The molecule has 1 N–H and O–H groups in total. The van der Waals surface area contributed by atoms with Crippen molar-refractivity contribution in [3.63, 3.8) is 0 Å². The zero-order valence-electron chi connectivity index (χ0n) is 12.5. The number of hydrogen-bond acceptors (Lipinski definition) is 3. The van der Waals surface area contributed by atoms with Crippen molar-refractivity contribution in [2.45, 2.75) is 52.1 Å². The molecule has 0 saturated carbocycles. The Morgan fingerprint density at radius 1 is 1.22 bits per heavy atom. The van der Waals surface area contributed by atoms with Gasteiger partial charge in [-0.15, -0.1) is 0 Å². The minimum absolute atomic E-state index is 0.715. The maximum atomic E-state index is 3.47. The number of likely N-dealkylation sites (tertiary alicyclic amines) is 1. The third-order valence-electron chi connectivity index (χ3n) is 4.80. The first-order valence-electron chi connectivity index (χ1n) is 7.89. The van der Waals surface area contributed by atoms with Crippen LogP contribution in [0.4, 0.5) is 0 Å². The van der Waals surface area contributed by atoms with Crippen molar-refractivity contribution in [3.8, 4) is 0 Å². The Morgan fingerprint density at radius 3 is 2.50 bits per heavy atom. The van der Waals surface area contributed by atoms with Gasteiger partial charge in [0.2, 0.25) is 0 Å². The summed E-state index contributed by atoms with van der Waals surface area (Å²) in [5.74, 6) is 0.930. The summed E-state index contributed by atoms with van der Waals surface area (Å²) in [5, 5.41) is 3.47. The SMILES string of the molecule is CCN(CC1CCNCC1)C1CCN(C(C)C)C1. The van der Waals surface area contributed by atoms with E-state index in [1.165, 1.54) is 58.5 Å². The van der Waals surface area contributed by atoms with Gasteiger partial charge in [0.1, 0.15) is 0 Å². The number of rotatable bonds is 5. The highest BCUT2D eigenvalue weighted by molar-refractivity contribution is 4.86. The third-order valence-corrected chi connectivity index (χ3v) is 4.80. The molecule has 0 amide bonds. The fraction of sp³-hybridized carbons (Fsp3) is 1.00. The van der Waals surface area contributed by atoms with E-state index < -0.39 is 0 Å². The monoisotopic (exact) mass is 253 g/mol. The van der Waals surface area contributed by atoms with Crippen molar-refractivity contribution in [3.05, 3.63) is 0 Å². The molecule has 0 aromatic rings. The second kappa shape index (κ2) is 6.88. The van der Waals surface area contributed by atoms with E-state index in [2.05, 4.69) is 35.9 Å². The van der Waals surface area contributed by atoms with Crippen LogP contribution < -0.4 is 5.32 Å². The van der Waals surface area contributed by atoms with Gasteiger partial charge in [-0.2, -0.15) is 0 Å². The summed E-state index contributed by atoms with van der Waals surface area (Å²) < 4.78 is 0. The molecule has 106 valence electrons. The second-order valence-corrected chi connectivity index (χ2v) is 6.31. The van der Waals surface area contributed by atoms with Gasteiger partial charge >= 0.3 is 0 Å². The molecule has 2 rings (SSSR count). The quantitative estimate of drug-likeness (QED) is 0.806. The summed E-state index contributed by atoms with van der Waals surface area (Å²) >= 11 is 0. The van der Waals surface area contributed by atoms with Crippen LogP contribution in [0.5, 0.6) is 0 Å². The lowest BCUT2D eigenvalue weighted by Crippen LogP contribution is -2.43. The standard InChI is InChI=1S/C15H31N3/c1-4-17(11-14-5-8-16-9-6-14)15-7-10-18(12-15)13(2)3/h13-16H,4-12H2,1-3H3. The summed E-state index contributed by atoms with van der Waals surface area (Å²) in [6.07, 6.45) is 4.12. The minimum atomic E-state index is 0.715. The minimum Gasteiger partial charge on any atom is -0.317 e. The maximum Gasteiger partial charge on any atom is 0.0235 e. The van der Waals surface area contributed by atoms with E-state index in [1.54, 1.807) is 0 Å². The van der Waals surface area contributed by atoms with E-state index in [9.17, 15) is 0 Å². The van der Waals surface area contributed by atoms with E-state index >= 15 is 0 Å². The molecule has 1 atom stereocenters. The average Bonchev–Trinajstić information content (AvgIpc) is 2.87. The summed E-state index contributed by atoms with van der Waals surface area (Å²) in [4.78, 5) is 5.38. The topological polar surface area (TPSA) is 18.5 Å². The van der Waals surface area contributed by atoms with Gasteiger partial charge in [0, 0.05) is 31.7 Å². The molecule has 18 heavy (non-hydrogen) atoms. The molecule has 3 nitrogen and oxygen atoms in total. The predicted octanol–water partition coefficient (Wildman–Crippen LogP) is 1.79. The lowest BCUT2D eigenvalue weighted by atomic mass is 9.97. The van der Waals surface area contributed by atoms with E-state index in [0.717, 1.165) is 12.0 Å². The van der Waals surface area contributed by atoms with Crippen LogP contribution in [0.25, 0.3) is 0 Å². The van der Waals surface area contributed by atoms with Crippen LogP contribution in [0, 0.1) is 5.92 Å². The molecule has 2 heterocycles. The molecule has 0 radical (unpaired) electrons. The van der Waals surface area contributed by atoms with Crippen LogP contribution >= 0.6 is 0 Å². The molecule has 0 bridgehead atoms. The summed E-state index contributed by atoms with van der Waals surface area (Å²) in [5.41, 5.74) is 0. The number of likely N-dealkylation sites (N-methyl/N-ethyl adjacent to an activating group) is 1. The van der Waals surface area contributed by atoms with Gasteiger partial charge < -0.3 is 5.32 Å². The lowest BCUT2D eigenvalue weighted by Gasteiger charge is -2.33. The number of nitrogens with zero attached hydrogens (tertiary/aromatic N) is 2. The van der Waals surface area contributed by atoms with Crippen molar-refractivity contribution < 1.29 is 0 Å². The van der Waals surface area contributed by atoms with Crippen LogP contribution in [0.15, 0.2) is 0 Å². The van der Waals surface area contributed by atoms with E-state index in [1.807, 2.05) is 0 Å². The number of piperidine rings is 1. The largest absolute Gasteiger partial charge is 0.317 e. The third kappa shape index (κ3) is 3.69. The van der Waals surface area contributed by atoms with Gasteiger partial charge in [-0.3, -0.25) is 9.80 Å². The highest BCUT2D eigenvalue weighted by Crippen LogP contribution is 2.21. The van der Waals surface area contributed by atoms with E-state index in [-0.39, 0.29) is 0 Å². The van der Waals surface area contributed by atoms with Gasteiger partial charge in [-0.1, -0.05) is 6.92 Å². The van der Waals surface area contributed by atoms with Crippen LogP contribution in [-0.2, 0) is 0 Å². The molecule has 3 heteroatoms. The smallest absolute Gasteiger partial charge is 0.0235 e. The van der Waals surface area contributed by atoms with Crippen molar-refractivity contribution in [2.24, 2.45) is 5.92 Å². The maximum absolute atomic E-state index is 3.47. The van der Waals surface area contributed by atoms with Crippen LogP contribution in [0.1, 0.15) is 40.0 Å². The Bertz CT molecular complexity index is 236. The zero-order chi connectivity index (χ0) is 13.0. The van der Waals surface area contributed by atoms with Crippen molar-refractivity contribution in [2.75, 3.05) is 39.3 Å². The fourth-order valence-electron chi connectivity index (χ4n) is 3.47. The normalized spacial score (nSPS) is 27.5. The second-order valence-electron chi connectivity index (χ2n) is 6.31. The highest BCUT2D eigenvalue weighted by atomic mass is 15.3. The zero-order valence-corrected chi connectivity index (χ0v) is 12.5. The average molecular weight is 253 g/mol. The summed E-state index contributed by atoms with van der Waals surface area (Å²) in [6, 6.07) is 1.53. The first-order valence-corrected chi connectivity index (χ1v) is 7.89. The Morgan fingerprint density at radius 2 is 1.94 bits per heavy atom. The lowest BCUT2D eigenvalue weighted by molar-refractivity contribution is 0.153. The fourth-order valence-corrected chi connectivity index (χ4v) is 3.47. The Kier molecular flexibility index (Phi) is 5.46. The first kappa shape index (κ1) is 14.3. The van der Waals surface area contributed by atoms with E-state index in [0.29, 0.717) is 6.04 Å². The van der Waals surface area contributed by atoms with Crippen molar-refractivity contribution in [1.82, 2.24) is 15.1 Å².